The van der Waals surface area contributed by atoms with Crippen molar-refractivity contribution < 1.29 is 14.6 Å². The zero-order chi connectivity index (χ0) is 10.8. The van der Waals surface area contributed by atoms with Crippen LogP contribution in [-0.2, 0) is 9.53 Å². The molecule has 0 rings (SSSR count). The Labute approximate surface area is 86.5 Å². The minimum atomic E-state index is -0.697. The van der Waals surface area contributed by atoms with Crippen LogP contribution in [0, 0.1) is 5.92 Å². The topological polar surface area (TPSA) is 46.5 Å². The lowest BCUT2D eigenvalue weighted by Gasteiger charge is -2.06. The molecule has 0 saturated heterocycles. The summed E-state index contributed by atoms with van der Waals surface area (Å²) in [5.41, 5.74) is 0. The van der Waals surface area contributed by atoms with E-state index in [1.807, 2.05) is 0 Å². The first-order valence-electron chi connectivity index (χ1n) is 5.49. The molecule has 0 aliphatic rings. The monoisotopic (exact) mass is 202 g/mol. The van der Waals surface area contributed by atoms with Gasteiger partial charge in [-0.15, -0.1) is 0 Å². The van der Waals surface area contributed by atoms with Gasteiger partial charge in [0, 0.05) is 13.2 Å². The summed E-state index contributed by atoms with van der Waals surface area (Å²) in [7, 11) is 0. The number of carbonyl (C=O) groups is 1. The van der Waals surface area contributed by atoms with Crippen LogP contribution in [0.15, 0.2) is 0 Å². The van der Waals surface area contributed by atoms with Crippen molar-refractivity contribution in [1.29, 1.82) is 0 Å². The number of hydrogen-bond donors (Lipinski definition) is 1. The fourth-order valence-corrected chi connectivity index (χ4v) is 1.13. The minimum absolute atomic E-state index is 0.217. The Morgan fingerprint density at radius 1 is 1.29 bits per heavy atom. The molecule has 0 saturated carbocycles. The number of hydrogen-bond acceptors (Lipinski definition) is 2. The van der Waals surface area contributed by atoms with Crippen LogP contribution in [0.1, 0.15) is 46.0 Å². The maximum atomic E-state index is 10.5. The van der Waals surface area contributed by atoms with Crippen molar-refractivity contribution in [3.63, 3.8) is 0 Å². The van der Waals surface area contributed by atoms with Gasteiger partial charge in [-0.1, -0.05) is 26.7 Å². The Balaban J connectivity index is 3.09. The van der Waals surface area contributed by atoms with E-state index in [0.29, 0.717) is 0 Å². The number of aliphatic carboxylic acids is 1. The van der Waals surface area contributed by atoms with Crippen molar-refractivity contribution in [3.8, 4) is 0 Å². The van der Waals surface area contributed by atoms with E-state index in [4.69, 9.17) is 9.84 Å². The highest BCUT2D eigenvalue weighted by atomic mass is 16.5. The third-order valence-corrected chi connectivity index (χ3v) is 2.24. The van der Waals surface area contributed by atoms with Crippen molar-refractivity contribution in [3.05, 3.63) is 0 Å². The molecule has 0 bridgehead atoms. The average molecular weight is 202 g/mol. The van der Waals surface area contributed by atoms with E-state index in [9.17, 15) is 4.79 Å². The molecule has 0 aliphatic carbocycles. The summed E-state index contributed by atoms with van der Waals surface area (Å²) in [6, 6.07) is 0. The largest absolute Gasteiger partial charge is 0.481 e. The van der Waals surface area contributed by atoms with E-state index in [0.717, 1.165) is 45.3 Å². The van der Waals surface area contributed by atoms with Gasteiger partial charge in [-0.2, -0.15) is 0 Å². The van der Waals surface area contributed by atoms with Gasteiger partial charge in [0.25, 0.3) is 0 Å². The van der Waals surface area contributed by atoms with Gasteiger partial charge in [-0.3, -0.25) is 4.79 Å². The van der Waals surface area contributed by atoms with Crippen LogP contribution in [0.2, 0.25) is 0 Å². The fourth-order valence-electron chi connectivity index (χ4n) is 1.13. The number of unbranched alkanes of at least 4 members (excludes halogenated alkanes) is 2. The van der Waals surface area contributed by atoms with Crippen molar-refractivity contribution in [1.82, 2.24) is 0 Å². The minimum Gasteiger partial charge on any atom is -0.481 e. The second kappa shape index (κ2) is 9.00. The molecule has 1 atom stereocenters. The second-order valence-corrected chi connectivity index (χ2v) is 3.70. The van der Waals surface area contributed by atoms with E-state index in [1.54, 1.807) is 6.92 Å². The molecular formula is C11H22O3. The summed E-state index contributed by atoms with van der Waals surface area (Å²) < 4.78 is 5.37. The normalized spacial score (nSPS) is 12.7. The Bertz CT molecular complexity index is 145. The molecule has 0 radical (unpaired) electrons. The predicted octanol–water partition coefficient (Wildman–Crippen LogP) is 2.69. The summed E-state index contributed by atoms with van der Waals surface area (Å²) in [6.07, 6.45) is 4.95. The van der Waals surface area contributed by atoms with E-state index in [1.165, 1.54) is 0 Å². The van der Waals surface area contributed by atoms with Gasteiger partial charge >= 0.3 is 5.97 Å². The third kappa shape index (κ3) is 8.05. The van der Waals surface area contributed by atoms with E-state index in [2.05, 4.69) is 6.92 Å². The van der Waals surface area contributed by atoms with Gasteiger partial charge in [0.15, 0.2) is 0 Å². The van der Waals surface area contributed by atoms with E-state index >= 15 is 0 Å². The van der Waals surface area contributed by atoms with Crippen LogP contribution in [0.4, 0.5) is 0 Å². The summed E-state index contributed by atoms with van der Waals surface area (Å²) in [5.74, 6) is -0.914. The first-order chi connectivity index (χ1) is 6.68. The van der Waals surface area contributed by atoms with Crippen LogP contribution in [0.25, 0.3) is 0 Å². The summed E-state index contributed by atoms with van der Waals surface area (Å²) in [4.78, 5) is 10.5. The molecule has 84 valence electrons. The summed E-state index contributed by atoms with van der Waals surface area (Å²) in [5, 5.41) is 8.62. The molecule has 1 N–H and O–H groups in total. The van der Waals surface area contributed by atoms with Crippen LogP contribution >= 0.6 is 0 Å². The number of carboxylic acid groups (broad SMARTS) is 1. The lowest BCUT2D eigenvalue weighted by Crippen LogP contribution is -2.09. The molecular weight excluding hydrogens is 180 g/mol. The lowest BCUT2D eigenvalue weighted by atomic mass is 10.1. The van der Waals surface area contributed by atoms with Gasteiger partial charge in [0.1, 0.15) is 0 Å². The van der Waals surface area contributed by atoms with Crippen molar-refractivity contribution in [2.45, 2.75) is 46.0 Å². The van der Waals surface area contributed by atoms with Gasteiger partial charge in [0.2, 0.25) is 0 Å². The Morgan fingerprint density at radius 2 is 1.93 bits per heavy atom. The SMILES string of the molecule is CCCCOCCCCC(C)C(=O)O. The van der Waals surface area contributed by atoms with Crippen LogP contribution in [0.3, 0.4) is 0 Å². The molecule has 0 aromatic heterocycles. The Hall–Kier alpha value is -0.570. The quantitative estimate of drug-likeness (QED) is 0.585. The average Bonchev–Trinajstić information content (AvgIpc) is 2.16. The maximum absolute atomic E-state index is 10.5. The van der Waals surface area contributed by atoms with Crippen molar-refractivity contribution >= 4 is 5.97 Å². The number of ether oxygens (including phenoxy) is 1. The van der Waals surface area contributed by atoms with Crippen molar-refractivity contribution in [2.24, 2.45) is 5.92 Å². The van der Waals surface area contributed by atoms with E-state index < -0.39 is 5.97 Å². The first-order valence-corrected chi connectivity index (χ1v) is 5.49. The molecule has 0 amide bonds. The molecule has 0 spiro atoms. The summed E-state index contributed by atoms with van der Waals surface area (Å²) >= 11 is 0. The molecule has 0 aromatic rings. The van der Waals surface area contributed by atoms with Crippen molar-refractivity contribution in [2.75, 3.05) is 13.2 Å². The van der Waals surface area contributed by atoms with Crippen LogP contribution < -0.4 is 0 Å². The molecule has 0 fully saturated rings. The molecule has 3 heteroatoms. The number of carboxylic acids is 1. The highest BCUT2D eigenvalue weighted by molar-refractivity contribution is 5.69. The Kier molecular flexibility index (Phi) is 8.64. The predicted molar refractivity (Wildman–Crippen MR) is 56.4 cm³/mol. The standard InChI is InChI=1S/C11H22O3/c1-3-4-8-14-9-6-5-7-10(2)11(12)13/h10H,3-9H2,1-2H3,(H,12,13). The van der Waals surface area contributed by atoms with E-state index in [-0.39, 0.29) is 5.92 Å². The molecule has 14 heavy (non-hydrogen) atoms. The molecule has 3 nitrogen and oxygen atoms in total. The zero-order valence-electron chi connectivity index (χ0n) is 9.29. The molecule has 0 aromatic carbocycles. The van der Waals surface area contributed by atoms with Gasteiger partial charge in [-0.05, 0) is 19.3 Å². The van der Waals surface area contributed by atoms with Crippen LogP contribution in [0.5, 0.6) is 0 Å². The Morgan fingerprint density at radius 3 is 2.50 bits per heavy atom. The second-order valence-electron chi connectivity index (χ2n) is 3.70. The van der Waals surface area contributed by atoms with Gasteiger partial charge in [0.05, 0.1) is 5.92 Å². The highest BCUT2D eigenvalue weighted by Crippen LogP contribution is 2.07. The molecule has 0 heterocycles. The van der Waals surface area contributed by atoms with Gasteiger partial charge < -0.3 is 9.84 Å². The first kappa shape index (κ1) is 13.4. The fraction of sp³-hybridized carbons (Fsp3) is 0.909. The third-order valence-electron chi connectivity index (χ3n) is 2.24. The van der Waals surface area contributed by atoms with Crippen LogP contribution in [-0.4, -0.2) is 24.3 Å². The summed E-state index contributed by atoms with van der Waals surface area (Å²) in [6.45, 7) is 5.50. The van der Waals surface area contributed by atoms with Gasteiger partial charge in [-0.25, -0.2) is 0 Å². The molecule has 0 aliphatic heterocycles. The number of rotatable bonds is 9. The molecule has 1 unspecified atom stereocenters. The maximum Gasteiger partial charge on any atom is 0.306 e. The lowest BCUT2D eigenvalue weighted by molar-refractivity contribution is -0.141. The smallest absolute Gasteiger partial charge is 0.306 e. The zero-order valence-corrected chi connectivity index (χ0v) is 9.29. The highest BCUT2D eigenvalue weighted by Gasteiger charge is 2.09.